The number of ether oxygens (including phenoxy) is 1. The quantitative estimate of drug-likeness (QED) is 0.885. The number of amides is 2. The van der Waals surface area contributed by atoms with Crippen molar-refractivity contribution in [3.05, 3.63) is 48.3 Å². The largest absolute Gasteiger partial charge is 0.445 e. The van der Waals surface area contributed by atoms with E-state index in [-0.39, 0.29) is 25.1 Å². The highest BCUT2D eigenvalue weighted by atomic mass is 16.5. The Bertz CT molecular complexity index is 682. The van der Waals surface area contributed by atoms with Crippen LogP contribution >= 0.6 is 0 Å². The van der Waals surface area contributed by atoms with Gasteiger partial charge in [-0.25, -0.2) is 4.79 Å². The number of nitrogens with one attached hydrogen (secondary N) is 1. The summed E-state index contributed by atoms with van der Waals surface area (Å²) >= 11 is 0. The van der Waals surface area contributed by atoms with Crippen LogP contribution < -0.4 is 5.32 Å². The molecule has 0 atom stereocenters. The SMILES string of the molecule is O=C(NCC(=O)N1CCC(n2nccn2)CC1)OCc1ccccc1. The summed E-state index contributed by atoms with van der Waals surface area (Å²) in [6, 6.07) is 9.62. The van der Waals surface area contributed by atoms with Crippen LogP contribution in [-0.4, -0.2) is 51.5 Å². The van der Waals surface area contributed by atoms with Gasteiger partial charge in [0.2, 0.25) is 5.91 Å². The van der Waals surface area contributed by atoms with Crippen LogP contribution in [0.5, 0.6) is 0 Å². The fraction of sp³-hybridized carbons (Fsp3) is 0.412. The number of piperidine rings is 1. The summed E-state index contributed by atoms with van der Waals surface area (Å²) in [6.07, 6.45) is 4.33. The number of likely N-dealkylation sites (tertiary alicyclic amines) is 1. The lowest BCUT2D eigenvalue weighted by molar-refractivity contribution is -0.131. The second kappa shape index (κ2) is 8.27. The van der Waals surface area contributed by atoms with Crippen molar-refractivity contribution in [3.8, 4) is 0 Å². The van der Waals surface area contributed by atoms with Crippen molar-refractivity contribution in [1.29, 1.82) is 0 Å². The molecule has 2 amide bonds. The summed E-state index contributed by atoms with van der Waals surface area (Å²) in [5.41, 5.74) is 0.901. The number of hydrogen-bond acceptors (Lipinski definition) is 5. The van der Waals surface area contributed by atoms with Crippen molar-refractivity contribution in [3.63, 3.8) is 0 Å². The van der Waals surface area contributed by atoms with Gasteiger partial charge in [-0.2, -0.15) is 15.0 Å². The zero-order chi connectivity index (χ0) is 17.5. The van der Waals surface area contributed by atoms with Gasteiger partial charge in [0.05, 0.1) is 18.4 Å². The van der Waals surface area contributed by atoms with E-state index in [9.17, 15) is 9.59 Å². The second-order valence-electron chi connectivity index (χ2n) is 5.88. The first-order chi connectivity index (χ1) is 12.2. The molecule has 0 saturated carbocycles. The summed E-state index contributed by atoms with van der Waals surface area (Å²) in [5.74, 6) is -0.108. The Labute approximate surface area is 145 Å². The molecule has 8 nitrogen and oxygen atoms in total. The molecule has 25 heavy (non-hydrogen) atoms. The van der Waals surface area contributed by atoms with Gasteiger partial charge < -0.3 is 15.0 Å². The third-order valence-corrected chi connectivity index (χ3v) is 4.18. The third kappa shape index (κ3) is 4.79. The van der Waals surface area contributed by atoms with Crippen molar-refractivity contribution in [2.75, 3.05) is 19.6 Å². The van der Waals surface area contributed by atoms with E-state index >= 15 is 0 Å². The summed E-state index contributed by atoms with van der Waals surface area (Å²) < 4.78 is 5.09. The molecule has 0 bridgehead atoms. The van der Waals surface area contributed by atoms with Gasteiger partial charge in [0.15, 0.2) is 0 Å². The average Bonchev–Trinajstić information content (AvgIpc) is 3.20. The fourth-order valence-corrected chi connectivity index (χ4v) is 2.79. The minimum Gasteiger partial charge on any atom is -0.445 e. The predicted molar refractivity (Wildman–Crippen MR) is 89.5 cm³/mol. The minimum atomic E-state index is -0.590. The van der Waals surface area contributed by atoms with Crippen molar-refractivity contribution in [2.45, 2.75) is 25.5 Å². The van der Waals surface area contributed by atoms with Crippen molar-refractivity contribution < 1.29 is 14.3 Å². The monoisotopic (exact) mass is 343 g/mol. The number of rotatable bonds is 5. The highest BCUT2D eigenvalue weighted by molar-refractivity contribution is 5.82. The molecule has 0 spiro atoms. The molecule has 1 aliphatic rings. The topological polar surface area (TPSA) is 89.4 Å². The molecule has 8 heteroatoms. The molecule has 1 aromatic heterocycles. The zero-order valence-corrected chi connectivity index (χ0v) is 13.9. The maximum Gasteiger partial charge on any atom is 0.407 e. The van der Waals surface area contributed by atoms with E-state index in [1.54, 1.807) is 22.1 Å². The molecule has 3 rings (SSSR count). The van der Waals surface area contributed by atoms with E-state index in [0.717, 1.165) is 18.4 Å². The predicted octanol–water partition coefficient (Wildman–Crippen LogP) is 1.37. The Morgan fingerprint density at radius 2 is 1.80 bits per heavy atom. The van der Waals surface area contributed by atoms with Gasteiger partial charge in [-0.15, -0.1) is 0 Å². The van der Waals surface area contributed by atoms with Gasteiger partial charge in [-0.1, -0.05) is 30.3 Å². The Morgan fingerprint density at radius 1 is 1.12 bits per heavy atom. The average molecular weight is 343 g/mol. The van der Waals surface area contributed by atoms with E-state index < -0.39 is 6.09 Å². The summed E-state index contributed by atoms with van der Waals surface area (Å²) in [6.45, 7) is 1.39. The van der Waals surface area contributed by atoms with Crippen LogP contribution in [0.1, 0.15) is 24.4 Å². The number of benzene rings is 1. The van der Waals surface area contributed by atoms with E-state index in [4.69, 9.17) is 4.74 Å². The van der Waals surface area contributed by atoms with Gasteiger partial charge in [0, 0.05) is 13.1 Å². The first-order valence-corrected chi connectivity index (χ1v) is 8.30. The number of nitrogens with zero attached hydrogens (tertiary/aromatic N) is 4. The molecule has 2 heterocycles. The Hall–Kier alpha value is -2.90. The van der Waals surface area contributed by atoms with Gasteiger partial charge in [0.1, 0.15) is 13.2 Å². The molecule has 0 radical (unpaired) electrons. The van der Waals surface area contributed by atoms with E-state index in [1.807, 2.05) is 30.3 Å². The Morgan fingerprint density at radius 3 is 2.48 bits per heavy atom. The van der Waals surface area contributed by atoms with Gasteiger partial charge >= 0.3 is 6.09 Å². The van der Waals surface area contributed by atoms with Crippen molar-refractivity contribution >= 4 is 12.0 Å². The maximum atomic E-state index is 12.2. The highest BCUT2D eigenvalue weighted by Crippen LogP contribution is 2.20. The molecular weight excluding hydrogens is 322 g/mol. The Balaban J connectivity index is 1.36. The molecule has 1 fully saturated rings. The molecule has 2 aromatic rings. The fourth-order valence-electron chi connectivity index (χ4n) is 2.79. The minimum absolute atomic E-state index is 0.0572. The van der Waals surface area contributed by atoms with Gasteiger partial charge in [-0.05, 0) is 18.4 Å². The van der Waals surface area contributed by atoms with Gasteiger partial charge in [-0.3, -0.25) is 4.79 Å². The van der Waals surface area contributed by atoms with Crippen LogP contribution in [0, 0.1) is 0 Å². The molecule has 0 unspecified atom stereocenters. The van der Waals surface area contributed by atoms with Crippen LogP contribution in [0.2, 0.25) is 0 Å². The third-order valence-electron chi connectivity index (χ3n) is 4.18. The summed E-state index contributed by atoms with van der Waals surface area (Å²) in [5, 5.41) is 10.8. The molecule has 1 N–H and O–H groups in total. The molecule has 1 aliphatic heterocycles. The molecular formula is C17H21N5O3. The summed E-state index contributed by atoms with van der Waals surface area (Å²) in [4.78, 5) is 27.3. The smallest absolute Gasteiger partial charge is 0.407 e. The van der Waals surface area contributed by atoms with Crippen molar-refractivity contribution in [1.82, 2.24) is 25.2 Å². The maximum absolute atomic E-state index is 12.2. The number of alkyl carbamates (subject to hydrolysis) is 1. The van der Waals surface area contributed by atoms with Crippen LogP contribution in [-0.2, 0) is 16.1 Å². The van der Waals surface area contributed by atoms with E-state index in [2.05, 4.69) is 15.5 Å². The Kier molecular flexibility index (Phi) is 5.61. The molecule has 1 saturated heterocycles. The van der Waals surface area contributed by atoms with E-state index in [0.29, 0.717) is 13.1 Å². The normalized spacial score (nSPS) is 15.0. The van der Waals surface area contributed by atoms with Crippen LogP contribution in [0.15, 0.2) is 42.7 Å². The number of hydrogen-bond donors (Lipinski definition) is 1. The molecule has 132 valence electrons. The van der Waals surface area contributed by atoms with E-state index in [1.165, 1.54) is 0 Å². The lowest BCUT2D eigenvalue weighted by atomic mass is 10.1. The number of aromatic nitrogens is 3. The van der Waals surface area contributed by atoms with Crippen LogP contribution in [0.4, 0.5) is 4.79 Å². The lowest BCUT2D eigenvalue weighted by Gasteiger charge is -2.31. The first kappa shape index (κ1) is 16.9. The van der Waals surface area contributed by atoms with Gasteiger partial charge in [0.25, 0.3) is 0 Å². The zero-order valence-electron chi connectivity index (χ0n) is 13.9. The lowest BCUT2D eigenvalue weighted by Crippen LogP contribution is -2.44. The number of carbonyl (C=O) groups is 2. The van der Waals surface area contributed by atoms with Crippen LogP contribution in [0.25, 0.3) is 0 Å². The molecule has 1 aromatic carbocycles. The van der Waals surface area contributed by atoms with Crippen molar-refractivity contribution in [2.24, 2.45) is 0 Å². The van der Waals surface area contributed by atoms with Crippen LogP contribution in [0.3, 0.4) is 0 Å². The standard InChI is InChI=1S/C17H21N5O3/c23-16(12-18-17(24)25-13-14-4-2-1-3-5-14)21-10-6-15(7-11-21)22-19-8-9-20-22/h1-5,8-9,15H,6-7,10-13H2,(H,18,24). The highest BCUT2D eigenvalue weighted by Gasteiger charge is 2.24. The second-order valence-corrected chi connectivity index (χ2v) is 5.88. The summed E-state index contributed by atoms with van der Waals surface area (Å²) in [7, 11) is 0. The number of carbonyl (C=O) groups excluding carboxylic acids is 2. The first-order valence-electron chi connectivity index (χ1n) is 8.30. The molecule has 0 aliphatic carbocycles.